The van der Waals surface area contributed by atoms with Gasteiger partial charge in [0.1, 0.15) is 0 Å². The third-order valence-corrected chi connectivity index (χ3v) is 3.90. The van der Waals surface area contributed by atoms with Gasteiger partial charge in [0.15, 0.2) is 5.31 Å². The molecule has 0 fully saturated rings. The standard InChI is InChI=1S/C11H12NO4P/c1-2-16-11(13)10(8-12)17(14,15)9-6-4-3-5-7-9/h3-7,12H,2H2,1H3,(H,14,15). The summed E-state index contributed by atoms with van der Waals surface area (Å²) in [7, 11) is -4.10. The molecular formula is C11H12NO4P. The highest BCUT2D eigenvalue weighted by Gasteiger charge is 2.33. The maximum atomic E-state index is 12.1. The summed E-state index contributed by atoms with van der Waals surface area (Å²) < 4.78 is 16.7. The van der Waals surface area contributed by atoms with E-state index in [1.165, 1.54) is 12.1 Å². The average molecular weight is 253 g/mol. The Hall–Kier alpha value is -1.67. The number of ether oxygens (including phenoxy) is 1. The molecule has 1 aromatic rings. The fourth-order valence-corrected chi connectivity index (χ4v) is 2.51. The minimum atomic E-state index is -4.10. The Morgan fingerprint density at radius 3 is 2.53 bits per heavy atom. The van der Waals surface area contributed by atoms with Crippen LogP contribution in [0.4, 0.5) is 0 Å². The lowest BCUT2D eigenvalue weighted by Gasteiger charge is -2.12. The van der Waals surface area contributed by atoms with Crippen molar-refractivity contribution < 1.29 is 19.0 Å². The number of carbonyl (C=O) groups excluding carboxylic acids is 1. The lowest BCUT2D eigenvalue weighted by Crippen LogP contribution is -2.14. The molecule has 1 rings (SSSR count). The summed E-state index contributed by atoms with van der Waals surface area (Å²) in [6.45, 7) is 1.64. The van der Waals surface area contributed by atoms with Gasteiger partial charge in [-0.2, -0.15) is 0 Å². The van der Waals surface area contributed by atoms with Crippen molar-refractivity contribution in [2.45, 2.75) is 6.92 Å². The van der Waals surface area contributed by atoms with E-state index in [-0.39, 0.29) is 11.9 Å². The summed E-state index contributed by atoms with van der Waals surface area (Å²) >= 11 is 0. The van der Waals surface area contributed by atoms with Gasteiger partial charge < -0.3 is 9.63 Å². The molecule has 0 bridgehead atoms. The first-order chi connectivity index (χ1) is 8.04. The summed E-state index contributed by atoms with van der Waals surface area (Å²) in [6.07, 6.45) is 0. The SMILES string of the molecule is CCOC(=O)C(=C=N)P(=O)(O)c1ccccc1. The summed E-state index contributed by atoms with van der Waals surface area (Å²) in [5.41, 5.74) is 0. The number of hydrogen-bond acceptors (Lipinski definition) is 4. The van der Waals surface area contributed by atoms with Crippen LogP contribution in [-0.4, -0.2) is 23.3 Å². The van der Waals surface area contributed by atoms with E-state index in [1.807, 2.05) is 0 Å². The number of carbonyl (C=O) groups is 1. The molecule has 0 aliphatic heterocycles. The largest absolute Gasteiger partial charge is 0.462 e. The van der Waals surface area contributed by atoms with Crippen LogP contribution in [0.25, 0.3) is 0 Å². The summed E-state index contributed by atoms with van der Waals surface area (Å²) in [4.78, 5) is 21.3. The van der Waals surface area contributed by atoms with E-state index >= 15 is 0 Å². The molecule has 0 saturated heterocycles. The Morgan fingerprint density at radius 2 is 2.06 bits per heavy atom. The molecule has 2 N–H and O–H groups in total. The zero-order valence-corrected chi connectivity index (χ0v) is 10.1. The second kappa shape index (κ2) is 5.60. The van der Waals surface area contributed by atoms with Crippen molar-refractivity contribution in [3.05, 3.63) is 35.6 Å². The van der Waals surface area contributed by atoms with Crippen molar-refractivity contribution >= 4 is 24.5 Å². The molecule has 0 saturated carbocycles. The second-order valence-corrected chi connectivity index (χ2v) is 5.22. The van der Waals surface area contributed by atoms with Gasteiger partial charge in [-0.3, -0.25) is 9.97 Å². The van der Waals surface area contributed by atoms with Crippen molar-refractivity contribution in [2.75, 3.05) is 6.61 Å². The molecule has 1 atom stereocenters. The van der Waals surface area contributed by atoms with Crippen LogP contribution < -0.4 is 5.30 Å². The fraction of sp³-hybridized carbons (Fsp3) is 0.182. The lowest BCUT2D eigenvalue weighted by molar-refractivity contribution is -0.137. The first-order valence-corrected chi connectivity index (χ1v) is 6.55. The first-order valence-electron chi connectivity index (χ1n) is 4.89. The van der Waals surface area contributed by atoms with Crippen molar-refractivity contribution in [1.82, 2.24) is 0 Å². The van der Waals surface area contributed by atoms with Gasteiger partial charge in [0, 0.05) is 5.30 Å². The maximum Gasteiger partial charge on any atom is 0.353 e. The van der Waals surface area contributed by atoms with Gasteiger partial charge in [0.25, 0.3) is 7.37 Å². The van der Waals surface area contributed by atoms with Gasteiger partial charge in [0.2, 0.25) is 0 Å². The molecule has 90 valence electrons. The molecule has 5 nitrogen and oxygen atoms in total. The normalized spacial score (nSPS) is 13.3. The number of benzene rings is 1. The molecule has 17 heavy (non-hydrogen) atoms. The molecule has 6 heteroatoms. The quantitative estimate of drug-likeness (QED) is 0.366. The third-order valence-electron chi connectivity index (χ3n) is 2.00. The van der Waals surface area contributed by atoms with Gasteiger partial charge in [-0.05, 0) is 24.9 Å². The zero-order chi connectivity index (χ0) is 12.9. The van der Waals surface area contributed by atoms with Crippen molar-refractivity contribution in [1.29, 1.82) is 5.41 Å². The molecule has 1 unspecified atom stereocenters. The van der Waals surface area contributed by atoms with Crippen molar-refractivity contribution in [3.8, 4) is 0 Å². The number of esters is 1. The van der Waals surface area contributed by atoms with E-state index in [2.05, 4.69) is 4.74 Å². The molecule has 0 aliphatic rings. The number of hydrogen-bond donors (Lipinski definition) is 2. The summed E-state index contributed by atoms with van der Waals surface area (Å²) in [5, 5.41) is 6.38. The van der Waals surface area contributed by atoms with Crippen LogP contribution in [0.1, 0.15) is 6.92 Å². The number of nitrogens with one attached hydrogen (secondary N) is 1. The lowest BCUT2D eigenvalue weighted by atomic mass is 10.4. The molecule has 0 spiro atoms. The highest BCUT2D eigenvalue weighted by atomic mass is 31.2. The Bertz CT molecular complexity index is 505. The van der Waals surface area contributed by atoms with E-state index in [0.717, 1.165) is 0 Å². The molecular weight excluding hydrogens is 241 g/mol. The highest BCUT2D eigenvalue weighted by molar-refractivity contribution is 7.71. The molecule has 0 heterocycles. The molecule has 0 radical (unpaired) electrons. The Labute approximate surface area is 98.7 Å². The average Bonchev–Trinajstić information content (AvgIpc) is 2.31. The minimum absolute atomic E-state index is 0.0683. The van der Waals surface area contributed by atoms with E-state index in [9.17, 15) is 14.3 Å². The van der Waals surface area contributed by atoms with Crippen molar-refractivity contribution in [3.63, 3.8) is 0 Å². The van der Waals surface area contributed by atoms with E-state index in [1.54, 1.807) is 31.0 Å². The predicted molar refractivity (Wildman–Crippen MR) is 63.8 cm³/mol. The van der Waals surface area contributed by atoms with E-state index in [4.69, 9.17) is 5.41 Å². The second-order valence-electron chi connectivity index (χ2n) is 3.11. The van der Waals surface area contributed by atoms with Crippen LogP contribution in [0.3, 0.4) is 0 Å². The van der Waals surface area contributed by atoms with Gasteiger partial charge in [-0.25, -0.2) is 4.79 Å². The van der Waals surface area contributed by atoms with E-state index in [0.29, 0.717) is 0 Å². The van der Waals surface area contributed by atoms with Gasteiger partial charge in [0.05, 0.1) is 6.61 Å². The van der Waals surface area contributed by atoms with Crippen LogP contribution in [0.15, 0.2) is 35.6 Å². The highest BCUT2D eigenvalue weighted by Crippen LogP contribution is 2.47. The van der Waals surface area contributed by atoms with E-state index < -0.39 is 18.7 Å². The minimum Gasteiger partial charge on any atom is -0.462 e. The van der Waals surface area contributed by atoms with Gasteiger partial charge >= 0.3 is 5.97 Å². The Morgan fingerprint density at radius 1 is 1.47 bits per heavy atom. The summed E-state index contributed by atoms with van der Waals surface area (Å²) in [6, 6.07) is 7.66. The topological polar surface area (TPSA) is 87.5 Å². The third kappa shape index (κ3) is 2.92. The molecule has 0 amide bonds. The van der Waals surface area contributed by atoms with Gasteiger partial charge in [-0.1, -0.05) is 18.2 Å². The molecule has 0 aromatic heterocycles. The Kier molecular flexibility index (Phi) is 4.41. The molecule has 0 aliphatic carbocycles. The van der Waals surface area contributed by atoms with Gasteiger partial charge in [-0.15, -0.1) is 0 Å². The van der Waals surface area contributed by atoms with Crippen LogP contribution in [0, 0.1) is 5.41 Å². The number of rotatable bonds is 4. The maximum absolute atomic E-state index is 12.1. The first kappa shape index (κ1) is 13.4. The fourth-order valence-electron chi connectivity index (χ4n) is 1.21. The zero-order valence-electron chi connectivity index (χ0n) is 9.21. The Balaban J connectivity index is 3.18. The van der Waals surface area contributed by atoms with Crippen LogP contribution >= 0.6 is 7.37 Å². The molecule has 1 aromatic carbocycles. The van der Waals surface area contributed by atoms with Crippen LogP contribution in [0.2, 0.25) is 0 Å². The monoisotopic (exact) mass is 253 g/mol. The predicted octanol–water partition coefficient (Wildman–Crippen LogP) is 1.28. The van der Waals surface area contributed by atoms with Crippen LogP contribution in [0.5, 0.6) is 0 Å². The summed E-state index contributed by atoms with van der Waals surface area (Å²) in [5.74, 6) is 0.716. The smallest absolute Gasteiger partial charge is 0.353 e. The van der Waals surface area contributed by atoms with Crippen molar-refractivity contribution in [2.24, 2.45) is 0 Å². The van der Waals surface area contributed by atoms with Crippen LogP contribution in [-0.2, 0) is 14.1 Å².